The molecule has 0 bridgehead atoms. The van der Waals surface area contributed by atoms with Crippen LogP contribution in [0.3, 0.4) is 0 Å². The first-order chi connectivity index (χ1) is 11.0. The quantitative estimate of drug-likeness (QED) is 0.674. The Labute approximate surface area is 148 Å². The average Bonchev–Trinajstić information content (AvgIpc) is 3.08. The predicted molar refractivity (Wildman–Crippen MR) is 96.6 cm³/mol. The molecule has 2 aromatic heterocycles. The molecule has 3 rings (SSSR count). The van der Waals surface area contributed by atoms with Gasteiger partial charge in [0.2, 0.25) is 0 Å². The second kappa shape index (κ2) is 6.41. The summed E-state index contributed by atoms with van der Waals surface area (Å²) in [5.41, 5.74) is 3.52. The third-order valence-electron chi connectivity index (χ3n) is 4.02. The van der Waals surface area contributed by atoms with Crippen LogP contribution in [0, 0.1) is 18.6 Å². The van der Waals surface area contributed by atoms with Gasteiger partial charge in [-0.05, 0) is 59.2 Å². The fourth-order valence-corrected chi connectivity index (χ4v) is 3.22. The molecule has 1 aromatic carbocycles. The normalized spacial score (nSPS) is 12.5. The molecule has 1 N–H and O–H groups in total. The Hall–Kier alpha value is -1.73. The van der Waals surface area contributed by atoms with Crippen molar-refractivity contribution in [3.8, 4) is 5.69 Å². The number of hydrogen-bond donors (Lipinski definition) is 1. The maximum atomic E-state index is 5.46. The number of H-pyrrole nitrogens is 1. The number of hydrogen-bond acceptors (Lipinski definition) is 3. The van der Waals surface area contributed by atoms with Gasteiger partial charge in [-0.3, -0.25) is 14.3 Å². The van der Waals surface area contributed by atoms with Crippen molar-refractivity contribution in [2.24, 2.45) is 0 Å². The highest BCUT2D eigenvalue weighted by atomic mass is 79.9. The molecule has 0 saturated heterocycles. The Morgan fingerprint density at radius 2 is 2.13 bits per heavy atom. The summed E-state index contributed by atoms with van der Waals surface area (Å²) in [7, 11) is 0. The second-order valence-electron chi connectivity index (χ2n) is 5.72. The highest BCUT2D eigenvalue weighted by molar-refractivity contribution is 9.10. The lowest BCUT2D eigenvalue weighted by Gasteiger charge is -2.16. The number of aromatic amines is 1. The largest absolute Gasteiger partial charge is 0.272 e. The van der Waals surface area contributed by atoms with E-state index in [4.69, 9.17) is 12.2 Å². The Kier molecular flexibility index (Phi) is 4.50. The predicted octanol–water partition coefficient (Wildman–Crippen LogP) is 4.31. The van der Waals surface area contributed by atoms with Crippen LogP contribution in [0.2, 0.25) is 0 Å². The number of rotatable bonds is 4. The summed E-state index contributed by atoms with van der Waals surface area (Å²) in [5.74, 6) is 1.07. The third-order valence-corrected chi connectivity index (χ3v) is 4.70. The highest BCUT2D eigenvalue weighted by Gasteiger charge is 2.18. The molecule has 0 aliphatic heterocycles. The lowest BCUT2D eigenvalue weighted by atomic mass is 10.1. The molecule has 2 heterocycles. The van der Waals surface area contributed by atoms with Crippen LogP contribution in [0.5, 0.6) is 0 Å². The molecule has 0 radical (unpaired) electrons. The SMILES string of the molecule is Cc1cccc(-n2c(C(C)Cn3cc(Br)cn3)n[nH]c2=S)c1C. The lowest BCUT2D eigenvalue weighted by molar-refractivity contribution is 0.518. The molecule has 5 nitrogen and oxygen atoms in total. The Morgan fingerprint density at radius 1 is 1.35 bits per heavy atom. The van der Waals surface area contributed by atoms with Gasteiger partial charge >= 0.3 is 0 Å². The second-order valence-corrected chi connectivity index (χ2v) is 7.03. The van der Waals surface area contributed by atoms with E-state index in [2.05, 4.69) is 64.1 Å². The van der Waals surface area contributed by atoms with Gasteiger partial charge in [-0.25, -0.2) is 0 Å². The molecule has 0 fully saturated rings. The van der Waals surface area contributed by atoms with Crippen molar-refractivity contribution in [2.75, 3.05) is 0 Å². The monoisotopic (exact) mass is 391 g/mol. The molecule has 1 atom stereocenters. The van der Waals surface area contributed by atoms with Crippen LogP contribution in [-0.2, 0) is 6.54 Å². The summed E-state index contributed by atoms with van der Waals surface area (Å²) < 4.78 is 5.51. The van der Waals surface area contributed by atoms with E-state index in [1.165, 1.54) is 11.1 Å². The van der Waals surface area contributed by atoms with E-state index < -0.39 is 0 Å². The summed E-state index contributed by atoms with van der Waals surface area (Å²) in [6.45, 7) is 7.07. The molecule has 3 aromatic rings. The van der Waals surface area contributed by atoms with Crippen molar-refractivity contribution in [1.82, 2.24) is 24.5 Å². The molecular formula is C16H18BrN5S. The maximum absolute atomic E-state index is 5.46. The number of nitrogens with one attached hydrogen (secondary N) is 1. The van der Waals surface area contributed by atoms with Crippen molar-refractivity contribution >= 4 is 28.1 Å². The molecule has 1 unspecified atom stereocenters. The smallest absolute Gasteiger partial charge is 0.199 e. The fraction of sp³-hybridized carbons (Fsp3) is 0.312. The van der Waals surface area contributed by atoms with Gasteiger partial charge in [0, 0.05) is 12.1 Å². The van der Waals surface area contributed by atoms with Crippen molar-refractivity contribution in [3.05, 3.63) is 56.8 Å². The first-order valence-corrected chi connectivity index (χ1v) is 8.59. The summed E-state index contributed by atoms with van der Waals surface area (Å²) >= 11 is 8.88. The van der Waals surface area contributed by atoms with Crippen molar-refractivity contribution in [2.45, 2.75) is 33.2 Å². The third kappa shape index (κ3) is 3.16. The number of aryl methyl sites for hydroxylation is 1. The molecule has 23 heavy (non-hydrogen) atoms. The minimum absolute atomic E-state index is 0.162. The fourth-order valence-electron chi connectivity index (χ4n) is 2.65. The average molecular weight is 392 g/mol. The molecule has 0 spiro atoms. The van der Waals surface area contributed by atoms with E-state index in [1.807, 2.05) is 21.5 Å². The standard InChI is InChI=1S/C16H18BrN5S/c1-10-5-4-6-14(12(10)3)22-15(19-20-16(22)23)11(2)8-21-9-13(17)7-18-21/h4-7,9,11H,8H2,1-3H3,(H,20,23). The zero-order chi connectivity index (χ0) is 16.6. The van der Waals surface area contributed by atoms with Crippen molar-refractivity contribution in [1.29, 1.82) is 0 Å². The zero-order valence-corrected chi connectivity index (χ0v) is 15.6. The summed E-state index contributed by atoms with van der Waals surface area (Å²) in [4.78, 5) is 0. The minimum Gasteiger partial charge on any atom is -0.272 e. The van der Waals surface area contributed by atoms with Gasteiger partial charge in [0.05, 0.1) is 22.9 Å². The number of halogens is 1. The molecule has 0 aliphatic carbocycles. The Bertz CT molecular complexity index is 892. The molecule has 7 heteroatoms. The van der Waals surface area contributed by atoms with Gasteiger partial charge in [0.25, 0.3) is 0 Å². The molecule has 0 amide bonds. The zero-order valence-electron chi connectivity index (χ0n) is 13.2. The minimum atomic E-state index is 0.162. The van der Waals surface area contributed by atoms with E-state index >= 15 is 0 Å². The van der Waals surface area contributed by atoms with Crippen LogP contribution in [0.25, 0.3) is 5.69 Å². The number of nitrogens with zero attached hydrogens (tertiary/aromatic N) is 4. The summed E-state index contributed by atoms with van der Waals surface area (Å²) in [6.07, 6.45) is 3.74. The first-order valence-electron chi connectivity index (χ1n) is 7.39. The lowest BCUT2D eigenvalue weighted by Crippen LogP contribution is -2.13. The van der Waals surface area contributed by atoms with Crippen LogP contribution in [-0.4, -0.2) is 24.5 Å². The van der Waals surface area contributed by atoms with Gasteiger partial charge in [0.15, 0.2) is 4.77 Å². The van der Waals surface area contributed by atoms with Gasteiger partial charge in [-0.1, -0.05) is 19.1 Å². The Balaban J connectivity index is 2.01. The van der Waals surface area contributed by atoms with Gasteiger partial charge in [-0.15, -0.1) is 0 Å². The van der Waals surface area contributed by atoms with Crippen LogP contribution >= 0.6 is 28.1 Å². The van der Waals surface area contributed by atoms with E-state index in [0.717, 1.165) is 22.5 Å². The van der Waals surface area contributed by atoms with Crippen LogP contribution in [0.1, 0.15) is 29.8 Å². The van der Waals surface area contributed by atoms with Gasteiger partial charge in [0.1, 0.15) is 5.82 Å². The summed E-state index contributed by atoms with van der Waals surface area (Å²) in [5, 5.41) is 11.7. The van der Waals surface area contributed by atoms with E-state index in [0.29, 0.717) is 4.77 Å². The molecular weight excluding hydrogens is 374 g/mol. The van der Waals surface area contributed by atoms with Gasteiger partial charge < -0.3 is 0 Å². The van der Waals surface area contributed by atoms with Crippen LogP contribution in [0.4, 0.5) is 0 Å². The molecule has 0 saturated carbocycles. The summed E-state index contributed by atoms with van der Waals surface area (Å²) in [6, 6.07) is 6.23. The molecule has 120 valence electrons. The van der Waals surface area contributed by atoms with E-state index in [1.54, 1.807) is 6.20 Å². The number of aromatic nitrogens is 5. The topological polar surface area (TPSA) is 51.4 Å². The number of benzene rings is 1. The van der Waals surface area contributed by atoms with E-state index in [-0.39, 0.29) is 5.92 Å². The van der Waals surface area contributed by atoms with Crippen molar-refractivity contribution in [3.63, 3.8) is 0 Å². The van der Waals surface area contributed by atoms with Crippen LogP contribution in [0.15, 0.2) is 35.1 Å². The van der Waals surface area contributed by atoms with Crippen LogP contribution < -0.4 is 0 Å². The highest BCUT2D eigenvalue weighted by Crippen LogP contribution is 2.24. The molecule has 0 aliphatic rings. The Morgan fingerprint density at radius 3 is 2.83 bits per heavy atom. The first kappa shape index (κ1) is 16.1. The van der Waals surface area contributed by atoms with Gasteiger partial charge in [-0.2, -0.15) is 10.2 Å². The van der Waals surface area contributed by atoms with E-state index in [9.17, 15) is 0 Å². The van der Waals surface area contributed by atoms with Crippen molar-refractivity contribution < 1.29 is 0 Å². The maximum Gasteiger partial charge on any atom is 0.199 e.